The van der Waals surface area contributed by atoms with Gasteiger partial charge in [0.25, 0.3) is 0 Å². The minimum absolute atomic E-state index is 0.00632. The molecule has 0 saturated carbocycles. The summed E-state index contributed by atoms with van der Waals surface area (Å²) in [7, 11) is 0. The molecule has 0 amide bonds. The van der Waals surface area contributed by atoms with E-state index in [0.717, 1.165) is 18.2 Å². The van der Waals surface area contributed by atoms with Crippen LogP contribution in [0, 0.1) is 17.5 Å². The van der Waals surface area contributed by atoms with Gasteiger partial charge >= 0.3 is 0 Å². The standard InChI is InChI=1S/C20H10ClF3N2O2.C2H6/c21-10-3-5-12(14(23)8-10)18-17(19-16(27)2-1-7-25-19)20(28-26-18)13-6-4-11(22)9-15(13)24;1-2/h1-9,27H;1-2H3. The van der Waals surface area contributed by atoms with Gasteiger partial charge in [0, 0.05) is 22.8 Å². The molecule has 0 unspecified atom stereocenters. The van der Waals surface area contributed by atoms with Crippen molar-refractivity contribution in [3.05, 3.63) is 77.2 Å². The molecule has 0 spiro atoms. The van der Waals surface area contributed by atoms with Crippen LogP contribution >= 0.6 is 11.6 Å². The zero-order valence-electron chi connectivity index (χ0n) is 16.0. The quantitative estimate of drug-likeness (QED) is 0.383. The Morgan fingerprint density at radius 1 is 0.900 bits per heavy atom. The zero-order valence-corrected chi connectivity index (χ0v) is 16.7. The average Bonchev–Trinajstić information content (AvgIpc) is 3.14. The van der Waals surface area contributed by atoms with Crippen LogP contribution in [0.2, 0.25) is 5.02 Å². The minimum atomic E-state index is -0.907. The van der Waals surface area contributed by atoms with E-state index in [4.69, 9.17) is 16.1 Å². The van der Waals surface area contributed by atoms with Crippen LogP contribution in [0.1, 0.15) is 13.8 Å². The fraction of sp³-hybridized carbons (Fsp3) is 0.0909. The van der Waals surface area contributed by atoms with E-state index >= 15 is 0 Å². The molecule has 4 aromatic rings. The summed E-state index contributed by atoms with van der Waals surface area (Å²) < 4.78 is 47.5. The molecule has 4 rings (SSSR count). The summed E-state index contributed by atoms with van der Waals surface area (Å²) in [4.78, 5) is 4.09. The highest BCUT2D eigenvalue weighted by Crippen LogP contribution is 2.43. The summed E-state index contributed by atoms with van der Waals surface area (Å²) in [6.07, 6.45) is 1.40. The van der Waals surface area contributed by atoms with Crippen LogP contribution in [-0.4, -0.2) is 15.2 Å². The number of hydrogen-bond donors (Lipinski definition) is 1. The summed E-state index contributed by atoms with van der Waals surface area (Å²) in [6.45, 7) is 4.00. The first-order valence-corrected chi connectivity index (χ1v) is 9.38. The van der Waals surface area contributed by atoms with Crippen molar-refractivity contribution in [2.24, 2.45) is 0 Å². The highest BCUT2D eigenvalue weighted by molar-refractivity contribution is 6.30. The van der Waals surface area contributed by atoms with E-state index in [-0.39, 0.29) is 44.6 Å². The third-order valence-electron chi connectivity index (χ3n) is 4.08. The Hall–Kier alpha value is -3.32. The van der Waals surface area contributed by atoms with E-state index in [0.29, 0.717) is 6.07 Å². The Morgan fingerprint density at radius 3 is 2.27 bits per heavy atom. The van der Waals surface area contributed by atoms with E-state index in [2.05, 4.69) is 10.1 Å². The maximum Gasteiger partial charge on any atom is 0.180 e. The fourth-order valence-corrected chi connectivity index (χ4v) is 2.98. The molecule has 0 atom stereocenters. The molecule has 2 aromatic carbocycles. The van der Waals surface area contributed by atoms with Crippen molar-refractivity contribution in [1.29, 1.82) is 0 Å². The number of aromatic hydroxyl groups is 1. The number of benzene rings is 2. The van der Waals surface area contributed by atoms with Crippen LogP contribution in [0.3, 0.4) is 0 Å². The largest absolute Gasteiger partial charge is 0.506 e. The molecule has 0 aliphatic carbocycles. The van der Waals surface area contributed by atoms with E-state index in [1.54, 1.807) is 0 Å². The van der Waals surface area contributed by atoms with Gasteiger partial charge in [0.05, 0.1) is 11.1 Å². The highest BCUT2D eigenvalue weighted by atomic mass is 35.5. The summed E-state index contributed by atoms with van der Waals surface area (Å²) >= 11 is 5.80. The third kappa shape index (κ3) is 4.02. The van der Waals surface area contributed by atoms with Crippen LogP contribution in [0.25, 0.3) is 33.8 Å². The Balaban J connectivity index is 0.00000124. The number of halogens is 4. The Bertz CT molecular complexity index is 1130. The summed E-state index contributed by atoms with van der Waals surface area (Å²) in [5, 5.41) is 14.3. The maximum absolute atomic E-state index is 14.5. The zero-order chi connectivity index (χ0) is 21.8. The second-order valence-corrected chi connectivity index (χ2v) is 6.29. The molecule has 4 nitrogen and oxygen atoms in total. The lowest BCUT2D eigenvalue weighted by Gasteiger charge is -2.07. The van der Waals surface area contributed by atoms with Crippen LogP contribution in [0.4, 0.5) is 13.2 Å². The highest BCUT2D eigenvalue weighted by Gasteiger charge is 2.27. The predicted molar refractivity (Wildman–Crippen MR) is 109 cm³/mol. The SMILES string of the molecule is CC.Oc1cccnc1-c1c(-c2ccc(Cl)cc2F)noc1-c1ccc(F)cc1F. The molecular formula is C22H16ClF3N2O2. The van der Waals surface area contributed by atoms with Crippen LogP contribution in [-0.2, 0) is 0 Å². The first-order valence-electron chi connectivity index (χ1n) is 9.00. The molecule has 0 aliphatic heterocycles. The Morgan fingerprint density at radius 2 is 1.60 bits per heavy atom. The van der Waals surface area contributed by atoms with Gasteiger partial charge in [-0.3, -0.25) is 4.98 Å². The van der Waals surface area contributed by atoms with Gasteiger partial charge in [-0.2, -0.15) is 0 Å². The fourth-order valence-electron chi connectivity index (χ4n) is 2.82. The molecule has 8 heteroatoms. The molecule has 0 radical (unpaired) electrons. The van der Waals surface area contributed by atoms with Gasteiger partial charge in [-0.15, -0.1) is 0 Å². The van der Waals surface area contributed by atoms with Crippen molar-refractivity contribution in [2.75, 3.05) is 0 Å². The van der Waals surface area contributed by atoms with Crippen LogP contribution in [0.5, 0.6) is 5.75 Å². The third-order valence-corrected chi connectivity index (χ3v) is 4.31. The molecular weight excluding hydrogens is 417 g/mol. The second-order valence-electron chi connectivity index (χ2n) is 5.85. The van der Waals surface area contributed by atoms with Gasteiger partial charge in [0.2, 0.25) is 0 Å². The lowest BCUT2D eigenvalue weighted by atomic mass is 9.98. The number of aromatic nitrogens is 2. The molecule has 1 N–H and O–H groups in total. The van der Waals surface area contributed by atoms with Gasteiger partial charge in [0.15, 0.2) is 5.76 Å². The molecule has 2 heterocycles. The predicted octanol–water partition coefficient (Wildman–Crippen LogP) is 6.87. The molecule has 154 valence electrons. The Kier molecular flexibility index (Phi) is 6.42. The molecule has 0 fully saturated rings. The smallest absolute Gasteiger partial charge is 0.180 e. The summed E-state index contributed by atoms with van der Waals surface area (Å²) in [6, 6.07) is 9.67. The number of nitrogens with zero attached hydrogens (tertiary/aromatic N) is 2. The average molecular weight is 433 g/mol. The van der Waals surface area contributed by atoms with Gasteiger partial charge in [-0.25, -0.2) is 13.2 Å². The first kappa shape index (κ1) is 21.4. The summed E-state index contributed by atoms with van der Waals surface area (Å²) in [5.74, 6) is -2.74. The van der Waals surface area contributed by atoms with Crippen molar-refractivity contribution >= 4 is 11.6 Å². The molecule has 2 aromatic heterocycles. The minimum Gasteiger partial charge on any atom is -0.506 e. The van der Waals surface area contributed by atoms with Gasteiger partial charge < -0.3 is 9.63 Å². The van der Waals surface area contributed by atoms with Crippen molar-refractivity contribution in [1.82, 2.24) is 10.1 Å². The number of pyridine rings is 1. The van der Waals surface area contributed by atoms with E-state index in [9.17, 15) is 18.3 Å². The van der Waals surface area contributed by atoms with E-state index < -0.39 is 17.5 Å². The summed E-state index contributed by atoms with van der Waals surface area (Å²) in [5.41, 5.74) is -0.0462. The van der Waals surface area contributed by atoms with Gasteiger partial charge in [0.1, 0.15) is 34.6 Å². The number of rotatable bonds is 3. The molecule has 0 aliphatic rings. The Labute approximate surface area is 175 Å². The topological polar surface area (TPSA) is 59.2 Å². The van der Waals surface area contributed by atoms with Crippen molar-refractivity contribution < 1.29 is 22.8 Å². The lowest BCUT2D eigenvalue weighted by molar-refractivity contribution is 0.431. The van der Waals surface area contributed by atoms with Crippen LogP contribution < -0.4 is 0 Å². The van der Waals surface area contributed by atoms with Crippen molar-refractivity contribution in [3.63, 3.8) is 0 Å². The number of hydrogen-bond acceptors (Lipinski definition) is 4. The van der Waals surface area contributed by atoms with Gasteiger partial charge in [-0.1, -0.05) is 30.6 Å². The monoisotopic (exact) mass is 432 g/mol. The van der Waals surface area contributed by atoms with Crippen molar-refractivity contribution in [2.45, 2.75) is 13.8 Å². The normalized spacial score (nSPS) is 10.5. The van der Waals surface area contributed by atoms with Gasteiger partial charge in [-0.05, 0) is 42.5 Å². The maximum atomic E-state index is 14.5. The van der Waals surface area contributed by atoms with Crippen LogP contribution in [0.15, 0.2) is 59.3 Å². The van der Waals surface area contributed by atoms with E-state index in [1.165, 1.54) is 30.5 Å². The lowest BCUT2D eigenvalue weighted by Crippen LogP contribution is -1.92. The van der Waals surface area contributed by atoms with Crippen molar-refractivity contribution in [3.8, 4) is 39.6 Å². The molecule has 0 bridgehead atoms. The molecule has 0 saturated heterocycles. The second kappa shape index (κ2) is 9.00. The molecule has 30 heavy (non-hydrogen) atoms. The first-order chi connectivity index (χ1) is 14.5. The van der Waals surface area contributed by atoms with E-state index in [1.807, 2.05) is 13.8 Å².